The van der Waals surface area contributed by atoms with Gasteiger partial charge in [0.1, 0.15) is 11.9 Å². The molecule has 0 fully saturated rings. The quantitative estimate of drug-likeness (QED) is 0.893. The number of rotatable bonds is 5. The van der Waals surface area contributed by atoms with Crippen molar-refractivity contribution in [1.29, 1.82) is 0 Å². The lowest BCUT2D eigenvalue weighted by molar-refractivity contribution is 0.178. The maximum atomic E-state index is 6.19. The average Bonchev–Trinajstić information content (AvgIpc) is 2.93. The lowest BCUT2D eigenvalue weighted by Gasteiger charge is -2.25. The zero-order valence-corrected chi connectivity index (χ0v) is 12.8. The number of nitrogens with one attached hydrogen (secondary N) is 1. The van der Waals surface area contributed by atoms with Gasteiger partial charge in [0, 0.05) is 6.42 Å². The third-order valence-electron chi connectivity index (χ3n) is 4.09. The first-order valence-electron chi connectivity index (χ1n) is 7.82. The standard InChI is InChI=1S/C19H23NO/c1-3-12-20-19(15-10-8-14(2)9-11-15)18-13-16-6-4-5-7-17(16)21-18/h4-11,18-20H,3,12-13H2,1-2H3. The zero-order chi connectivity index (χ0) is 14.7. The fourth-order valence-corrected chi connectivity index (χ4v) is 2.93. The SMILES string of the molecule is CCCNC(c1ccc(C)cc1)C1Cc2ccccc2O1. The predicted octanol–water partition coefficient (Wildman–Crippen LogP) is 4.04. The van der Waals surface area contributed by atoms with E-state index in [1.807, 2.05) is 6.07 Å². The molecule has 2 unspecified atom stereocenters. The number of para-hydroxylation sites is 1. The monoisotopic (exact) mass is 281 g/mol. The second-order valence-electron chi connectivity index (χ2n) is 5.81. The van der Waals surface area contributed by atoms with Gasteiger partial charge >= 0.3 is 0 Å². The van der Waals surface area contributed by atoms with Crippen molar-refractivity contribution in [2.24, 2.45) is 0 Å². The molecule has 0 spiro atoms. The number of aryl methyl sites for hydroxylation is 1. The van der Waals surface area contributed by atoms with Crippen LogP contribution >= 0.6 is 0 Å². The third kappa shape index (κ3) is 3.11. The molecule has 1 heterocycles. The molecule has 0 amide bonds. The molecule has 0 bridgehead atoms. The molecule has 2 atom stereocenters. The van der Waals surface area contributed by atoms with Crippen LogP contribution in [-0.4, -0.2) is 12.6 Å². The summed E-state index contributed by atoms with van der Waals surface area (Å²) in [6, 6.07) is 17.4. The summed E-state index contributed by atoms with van der Waals surface area (Å²) in [6.07, 6.45) is 2.28. The summed E-state index contributed by atoms with van der Waals surface area (Å²) >= 11 is 0. The van der Waals surface area contributed by atoms with Gasteiger partial charge in [0.15, 0.2) is 0 Å². The van der Waals surface area contributed by atoms with Crippen molar-refractivity contribution in [3.63, 3.8) is 0 Å². The maximum Gasteiger partial charge on any atom is 0.123 e. The van der Waals surface area contributed by atoms with E-state index in [9.17, 15) is 0 Å². The number of ether oxygens (including phenoxy) is 1. The van der Waals surface area contributed by atoms with Crippen LogP contribution in [0.2, 0.25) is 0 Å². The minimum atomic E-state index is 0.177. The van der Waals surface area contributed by atoms with Crippen LogP contribution in [0.25, 0.3) is 0 Å². The van der Waals surface area contributed by atoms with Gasteiger partial charge in [-0.1, -0.05) is 55.0 Å². The first-order valence-corrected chi connectivity index (χ1v) is 7.82. The van der Waals surface area contributed by atoms with Crippen LogP contribution in [0.4, 0.5) is 0 Å². The lowest BCUT2D eigenvalue weighted by Crippen LogP contribution is -2.35. The molecule has 1 aliphatic heterocycles. The van der Waals surface area contributed by atoms with Crippen LogP contribution in [0.5, 0.6) is 5.75 Å². The molecule has 2 aromatic rings. The van der Waals surface area contributed by atoms with Crippen molar-refractivity contribution in [3.05, 3.63) is 65.2 Å². The highest BCUT2D eigenvalue weighted by Gasteiger charge is 2.30. The number of fused-ring (bicyclic) bond motifs is 1. The summed E-state index contributed by atoms with van der Waals surface area (Å²) in [6.45, 7) is 5.33. The van der Waals surface area contributed by atoms with Crippen molar-refractivity contribution in [1.82, 2.24) is 5.32 Å². The van der Waals surface area contributed by atoms with Crippen molar-refractivity contribution in [2.75, 3.05) is 6.54 Å². The van der Waals surface area contributed by atoms with Gasteiger partial charge in [-0.15, -0.1) is 0 Å². The first-order chi connectivity index (χ1) is 10.3. The van der Waals surface area contributed by atoms with Gasteiger partial charge in [-0.25, -0.2) is 0 Å². The molecule has 0 aliphatic carbocycles. The van der Waals surface area contributed by atoms with Gasteiger partial charge in [-0.2, -0.15) is 0 Å². The lowest BCUT2D eigenvalue weighted by atomic mass is 9.97. The summed E-state index contributed by atoms with van der Waals surface area (Å²) in [5.74, 6) is 1.04. The molecule has 3 rings (SSSR count). The van der Waals surface area contributed by atoms with Gasteiger partial charge in [0.2, 0.25) is 0 Å². The predicted molar refractivity (Wildman–Crippen MR) is 86.8 cm³/mol. The Balaban J connectivity index is 1.82. The topological polar surface area (TPSA) is 21.3 Å². The normalized spacial score (nSPS) is 18.1. The van der Waals surface area contributed by atoms with Crippen LogP contribution < -0.4 is 10.1 Å². The van der Waals surface area contributed by atoms with Gasteiger partial charge in [0.05, 0.1) is 6.04 Å². The molecular weight excluding hydrogens is 258 g/mol. The molecule has 0 radical (unpaired) electrons. The van der Waals surface area contributed by atoms with Gasteiger partial charge in [-0.05, 0) is 37.1 Å². The van der Waals surface area contributed by atoms with E-state index >= 15 is 0 Å². The minimum Gasteiger partial charge on any atom is -0.488 e. The molecule has 2 heteroatoms. The van der Waals surface area contributed by atoms with Crippen molar-refractivity contribution >= 4 is 0 Å². The van der Waals surface area contributed by atoms with E-state index in [-0.39, 0.29) is 12.1 Å². The molecule has 2 nitrogen and oxygen atoms in total. The molecule has 0 saturated heterocycles. The molecule has 21 heavy (non-hydrogen) atoms. The summed E-state index contributed by atoms with van der Waals surface area (Å²) in [7, 11) is 0. The van der Waals surface area contributed by atoms with Crippen LogP contribution in [0.1, 0.15) is 36.1 Å². The Hall–Kier alpha value is -1.80. The van der Waals surface area contributed by atoms with Gasteiger partial charge in [-0.3, -0.25) is 0 Å². The van der Waals surface area contributed by atoms with Crippen LogP contribution in [0.15, 0.2) is 48.5 Å². The van der Waals surface area contributed by atoms with E-state index in [0.29, 0.717) is 0 Å². The van der Waals surface area contributed by atoms with Crippen molar-refractivity contribution < 1.29 is 4.74 Å². The Morgan fingerprint density at radius 3 is 2.62 bits per heavy atom. The van der Waals surface area contributed by atoms with Gasteiger partial charge < -0.3 is 10.1 Å². The Kier molecular flexibility index (Phi) is 4.26. The fourth-order valence-electron chi connectivity index (χ4n) is 2.93. The first kappa shape index (κ1) is 14.2. The third-order valence-corrected chi connectivity index (χ3v) is 4.09. The summed E-state index contributed by atoms with van der Waals surface area (Å²) in [4.78, 5) is 0. The Labute approximate surface area is 127 Å². The highest BCUT2D eigenvalue weighted by atomic mass is 16.5. The van der Waals surface area contributed by atoms with Crippen LogP contribution in [0.3, 0.4) is 0 Å². The molecular formula is C19H23NO. The van der Waals surface area contributed by atoms with E-state index in [1.54, 1.807) is 0 Å². The van der Waals surface area contributed by atoms with E-state index in [1.165, 1.54) is 16.7 Å². The number of hydrogen-bond donors (Lipinski definition) is 1. The zero-order valence-electron chi connectivity index (χ0n) is 12.8. The molecule has 2 aromatic carbocycles. The summed E-state index contributed by atoms with van der Waals surface area (Å²) in [5, 5.41) is 3.66. The highest BCUT2D eigenvalue weighted by molar-refractivity contribution is 5.38. The Morgan fingerprint density at radius 1 is 1.14 bits per heavy atom. The smallest absolute Gasteiger partial charge is 0.123 e. The van der Waals surface area contributed by atoms with Gasteiger partial charge in [0.25, 0.3) is 0 Å². The fraction of sp³-hybridized carbons (Fsp3) is 0.368. The highest BCUT2D eigenvalue weighted by Crippen LogP contribution is 2.34. The Bertz CT molecular complexity index is 566. The van der Waals surface area contributed by atoms with Crippen molar-refractivity contribution in [3.8, 4) is 5.75 Å². The van der Waals surface area contributed by atoms with E-state index < -0.39 is 0 Å². The largest absolute Gasteiger partial charge is 0.488 e. The molecule has 0 aromatic heterocycles. The summed E-state index contributed by atoms with van der Waals surface area (Å²) in [5.41, 5.74) is 3.92. The number of benzene rings is 2. The van der Waals surface area contributed by atoms with Crippen molar-refractivity contribution in [2.45, 2.75) is 38.8 Å². The van der Waals surface area contributed by atoms with Crippen LogP contribution in [0, 0.1) is 6.92 Å². The van der Waals surface area contributed by atoms with E-state index in [0.717, 1.165) is 25.1 Å². The molecule has 1 N–H and O–H groups in total. The molecule has 1 aliphatic rings. The summed E-state index contributed by atoms with van der Waals surface area (Å²) < 4.78 is 6.19. The molecule has 110 valence electrons. The molecule has 0 saturated carbocycles. The number of hydrogen-bond acceptors (Lipinski definition) is 2. The second kappa shape index (κ2) is 6.31. The van der Waals surface area contributed by atoms with Crippen LogP contribution in [-0.2, 0) is 6.42 Å². The minimum absolute atomic E-state index is 0.177. The Morgan fingerprint density at radius 2 is 1.90 bits per heavy atom. The second-order valence-corrected chi connectivity index (χ2v) is 5.81. The van der Waals surface area contributed by atoms with E-state index in [2.05, 4.69) is 61.6 Å². The van der Waals surface area contributed by atoms with E-state index in [4.69, 9.17) is 4.74 Å². The average molecular weight is 281 g/mol. The maximum absolute atomic E-state index is 6.19.